The topological polar surface area (TPSA) is 42.1 Å². The van der Waals surface area contributed by atoms with Crippen molar-refractivity contribution in [1.29, 1.82) is 0 Å². The molecule has 4 heteroatoms. The molecule has 1 aromatic heterocycles. The number of nitrogens with two attached hydrogens (primary N) is 1. The zero-order valence-electron chi connectivity index (χ0n) is 14.8. The Morgan fingerprint density at radius 2 is 1.81 bits per heavy atom. The molecular weight excluding hydrogens is 342 g/mol. The van der Waals surface area contributed by atoms with Crippen molar-refractivity contribution in [2.24, 2.45) is 11.7 Å². The van der Waals surface area contributed by atoms with Crippen molar-refractivity contribution in [2.45, 2.75) is 25.4 Å². The molecule has 3 nitrogen and oxygen atoms in total. The minimum absolute atomic E-state index is 0.102. The summed E-state index contributed by atoms with van der Waals surface area (Å²) in [4.78, 5) is 6.69. The Morgan fingerprint density at radius 1 is 1.04 bits per heavy atom. The van der Waals surface area contributed by atoms with E-state index in [0.29, 0.717) is 5.92 Å². The third kappa shape index (κ3) is 3.90. The standard InChI is InChI=1S/C22H24ClN3/c23-21-5-1-16(2-6-21)15-26-11-8-17(9-12-26)22(24)19-3-4-20-14-25-10-7-18(20)13-19/h1-7,10,13-14,17,22H,8-9,11-12,15,24H2. The number of likely N-dealkylation sites (tertiary alicyclic amines) is 1. The van der Waals surface area contributed by atoms with Gasteiger partial charge in [-0.2, -0.15) is 0 Å². The van der Waals surface area contributed by atoms with Gasteiger partial charge in [-0.1, -0.05) is 35.9 Å². The Hall–Kier alpha value is -1.94. The number of fused-ring (bicyclic) bond motifs is 1. The lowest BCUT2D eigenvalue weighted by atomic mass is 9.85. The van der Waals surface area contributed by atoms with Crippen molar-refractivity contribution in [3.63, 3.8) is 0 Å². The summed E-state index contributed by atoms with van der Waals surface area (Å²) in [5, 5.41) is 3.18. The monoisotopic (exact) mass is 365 g/mol. The minimum atomic E-state index is 0.102. The van der Waals surface area contributed by atoms with Gasteiger partial charge in [0.25, 0.3) is 0 Å². The van der Waals surface area contributed by atoms with Gasteiger partial charge in [0.2, 0.25) is 0 Å². The molecule has 1 saturated heterocycles. The molecule has 0 amide bonds. The van der Waals surface area contributed by atoms with Gasteiger partial charge < -0.3 is 5.73 Å². The van der Waals surface area contributed by atoms with E-state index in [1.807, 2.05) is 24.5 Å². The number of benzene rings is 2. The van der Waals surface area contributed by atoms with Gasteiger partial charge in [0.15, 0.2) is 0 Å². The summed E-state index contributed by atoms with van der Waals surface area (Å²) in [6.07, 6.45) is 6.03. The molecule has 2 N–H and O–H groups in total. The van der Waals surface area contributed by atoms with Gasteiger partial charge in [0.05, 0.1) is 0 Å². The normalized spacial score (nSPS) is 17.5. The van der Waals surface area contributed by atoms with E-state index in [2.05, 4.69) is 46.3 Å². The van der Waals surface area contributed by atoms with Crippen molar-refractivity contribution in [3.05, 3.63) is 77.1 Å². The molecule has 0 spiro atoms. The van der Waals surface area contributed by atoms with Gasteiger partial charge in [0, 0.05) is 35.4 Å². The van der Waals surface area contributed by atoms with Crippen LogP contribution in [0.3, 0.4) is 0 Å². The second kappa shape index (κ2) is 7.75. The predicted octanol–water partition coefficient (Wildman–Crippen LogP) is 4.80. The number of halogens is 1. The van der Waals surface area contributed by atoms with Crippen molar-refractivity contribution in [1.82, 2.24) is 9.88 Å². The number of piperidine rings is 1. The highest BCUT2D eigenvalue weighted by Gasteiger charge is 2.25. The van der Waals surface area contributed by atoms with Crippen LogP contribution in [0.5, 0.6) is 0 Å². The molecule has 0 saturated carbocycles. The summed E-state index contributed by atoms with van der Waals surface area (Å²) in [5.74, 6) is 0.538. The SMILES string of the molecule is NC(c1ccc2cnccc2c1)C1CCN(Cc2ccc(Cl)cc2)CC1. The zero-order valence-corrected chi connectivity index (χ0v) is 15.6. The zero-order chi connectivity index (χ0) is 17.9. The molecule has 0 aliphatic carbocycles. The van der Waals surface area contributed by atoms with Gasteiger partial charge in [-0.3, -0.25) is 9.88 Å². The third-order valence-electron chi connectivity index (χ3n) is 5.51. The molecule has 0 bridgehead atoms. The Bertz CT molecular complexity index is 870. The van der Waals surface area contributed by atoms with Gasteiger partial charge >= 0.3 is 0 Å². The third-order valence-corrected chi connectivity index (χ3v) is 5.76. The minimum Gasteiger partial charge on any atom is -0.324 e. The fraction of sp³-hybridized carbons (Fsp3) is 0.318. The number of hydrogen-bond acceptors (Lipinski definition) is 3. The van der Waals surface area contributed by atoms with Crippen molar-refractivity contribution < 1.29 is 0 Å². The lowest BCUT2D eigenvalue weighted by Gasteiger charge is -2.35. The van der Waals surface area contributed by atoms with E-state index < -0.39 is 0 Å². The van der Waals surface area contributed by atoms with E-state index in [1.165, 1.54) is 21.9 Å². The number of hydrogen-bond donors (Lipinski definition) is 1. The first kappa shape index (κ1) is 17.5. The van der Waals surface area contributed by atoms with Gasteiger partial charge in [0.1, 0.15) is 0 Å². The van der Waals surface area contributed by atoms with Crippen LogP contribution in [0, 0.1) is 5.92 Å². The molecule has 0 radical (unpaired) electrons. The van der Waals surface area contributed by atoms with E-state index in [-0.39, 0.29) is 6.04 Å². The van der Waals surface area contributed by atoms with Gasteiger partial charge in [-0.25, -0.2) is 0 Å². The van der Waals surface area contributed by atoms with E-state index in [0.717, 1.165) is 37.5 Å². The highest BCUT2D eigenvalue weighted by Crippen LogP contribution is 2.31. The van der Waals surface area contributed by atoms with Crippen LogP contribution in [0.25, 0.3) is 10.8 Å². The van der Waals surface area contributed by atoms with Crippen LogP contribution in [0.1, 0.15) is 30.0 Å². The second-order valence-corrected chi connectivity index (χ2v) is 7.68. The molecule has 4 rings (SSSR count). The summed E-state index contributed by atoms with van der Waals surface area (Å²) in [7, 11) is 0. The maximum absolute atomic E-state index is 6.63. The highest BCUT2D eigenvalue weighted by atomic mass is 35.5. The number of pyridine rings is 1. The van der Waals surface area contributed by atoms with E-state index in [1.54, 1.807) is 0 Å². The van der Waals surface area contributed by atoms with Crippen molar-refractivity contribution >= 4 is 22.4 Å². The summed E-state index contributed by atoms with van der Waals surface area (Å²) in [5.41, 5.74) is 9.18. The molecule has 26 heavy (non-hydrogen) atoms. The van der Waals surface area contributed by atoms with Crippen LogP contribution in [0.15, 0.2) is 60.9 Å². The van der Waals surface area contributed by atoms with E-state index >= 15 is 0 Å². The van der Waals surface area contributed by atoms with Crippen LogP contribution in [-0.2, 0) is 6.54 Å². The largest absolute Gasteiger partial charge is 0.324 e. The van der Waals surface area contributed by atoms with Gasteiger partial charge in [-0.05, 0) is 72.6 Å². The predicted molar refractivity (Wildman–Crippen MR) is 108 cm³/mol. The molecule has 1 fully saturated rings. The highest BCUT2D eigenvalue weighted by molar-refractivity contribution is 6.30. The molecule has 1 unspecified atom stereocenters. The van der Waals surface area contributed by atoms with Crippen LogP contribution in [-0.4, -0.2) is 23.0 Å². The summed E-state index contributed by atoms with van der Waals surface area (Å²) in [6, 6.07) is 16.8. The first-order valence-electron chi connectivity index (χ1n) is 9.25. The Labute approximate surface area is 159 Å². The lowest BCUT2D eigenvalue weighted by Crippen LogP contribution is -2.37. The first-order chi connectivity index (χ1) is 12.7. The maximum Gasteiger partial charge on any atom is 0.0406 e. The van der Waals surface area contributed by atoms with Gasteiger partial charge in [-0.15, -0.1) is 0 Å². The smallest absolute Gasteiger partial charge is 0.0406 e. The summed E-state index contributed by atoms with van der Waals surface area (Å²) >= 11 is 5.97. The molecule has 1 atom stereocenters. The fourth-order valence-corrected chi connectivity index (χ4v) is 4.03. The van der Waals surface area contributed by atoms with Crippen molar-refractivity contribution in [2.75, 3.05) is 13.1 Å². The molecular formula is C22H24ClN3. The summed E-state index contributed by atoms with van der Waals surface area (Å²) < 4.78 is 0. The van der Waals surface area contributed by atoms with Crippen LogP contribution >= 0.6 is 11.6 Å². The maximum atomic E-state index is 6.63. The first-order valence-corrected chi connectivity index (χ1v) is 9.63. The average molecular weight is 366 g/mol. The van der Waals surface area contributed by atoms with E-state index in [4.69, 9.17) is 17.3 Å². The lowest BCUT2D eigenvalue weighted by molar-refractivity contribution is 0.162. The number of rotatable bonds is 4. The number of nitrogens with zero attached hydrogens (tertiary/aromatic N) is 2. The molecule has 2 aromatic carbocycles. The quantitative estimate of drug-likeness (QED) is 0.722. The Balaban J connectivity index is 1.38. The van der Waals surface area contributed by atoms with Crippen LogP contribution < -0.4 is 5.73 Å². The molecule has 1 aliphatic rings. The molecule has 134 valence electrons. The Morgan fingerprint density at radius 3 is 2.58 bits per heavy atom. The molecule has 1 aliphatic heterocycles. The summed E-state index contributed by atoms with van der Waals surface area (Å²) in [6.45, 7) is 3.18. The fourth-order valence-electron chi connectivity index (χ4n) is 3.90. The molecule has 2 heterocycles. The van der Waals surface area contributed by atoms with Crippen molar-refractivity contribution in [3.8, 4) is 0 Å². The van der Waals surface area contributed by atoms with E-state index in [9.17, 15) is 0 Å². The second-order valence-electron chi connectivity index (χ2n) is 7.25. The van der Waals surface area contributed by atoms with Crippen LogP contribution in [0.2, 0.25) is 5.02 Å². The average Bonchev–Trinajstić information content (AvgIpc) is 2.69. The molecule has 3 aromatic rings. The van der Waals surface area contributed by atoms with Crippen LogP contribution in [0.4, 0.5) is 0 Å². The Kier molecular flexibility index (Phi) is 5.21. The number of aromatic nitrogens is 1.